The summed E-state index contributed by atoms with van der Waals surface area (Å²) in [7, 11) is 0. The molecule has 1 aromatic carbocycles. The van der Waals surface area contributed by atoms with Gasteiger partial charge in [-0.05, 0) is 17.7 Å². The maximum atomic E-state index is 8.86. The van der Waals surface area contributed by atoms with Gasteiger partial charge in [0.05, 0.1) is 11.6 Å². The van der Waals surface area contributed by atoms with Gasteiger partial charge >= 0.3 is 0 Å². The average molecular weight is 227 g/mol. The number of hydrogen-bond donors (Lipinski definition) is 2. The van der Waals surface area contributed by atoms with E-state index < -0.39 is 0 Å². The summed E-state index contributed by atoms with van der Waals surface area (Å²) in [6.45, 7) is 0. The van der Waals surface area contributed by atoms with Crippen LogP contribution in [0.5, 0.6) is 0 Å². The van der Waals surface area contributed by atoms with Crippen LogP contribution in [-0.2, 0) is 0 Å². The van der Waals surface area contributed by atoms with E-state index in [4.69, 9.17) is 10.9 Å². The molecule has 3 N–H and O–H groups in total. The SMILES string of the molecule is N/C(=N/O)[C@@H](c1ccccc1)c1ccccn1. The van der Waals surface area contributed by atoms with E-state index in [1.165, 1.54) is 0 Å². The van der Waals surface area contributed by atoms with Crippen LogP contribution >= 0.6 is 0 Å². The zero-order valence-electron chi connectivity index (χ0n) is 9.19. The Balaban J connectivity index is 2.47. The van der Waals surface area contributed by atoms with Crippen molar-refractivity contribution >= 4 is 5.84 Å². The van der Waals surface area contributed by atoms with Crippen LogP contribution in [0.2, 0.25) is 0 Å². The Morgan fingerprint density at radius 2 is 1.82 bits per heavy atom. The topological polar surface area (TPSA) is 71.5 Å². The Labute approximate surface area is 99.4 Å². The summed E-state index contributed by atoms with van der Waals surface area (Å²) < 4.78 is 0. The monoisotopic (exact) mass is 227 g/mol. The number of amidine groups is 1. The van der Waals surface area contributed by atoms with E-state index in [-0.39, 0.29) is 11.8 Å². The van der Waals surface area contributed by atoms with Crippen molar-refractivity contribution in [2.75, 3.05) is 0 Å². The number of pyridine rings is 1. The fraction of sp³-hybridized carbons (Fsp3) is 0.0769. The molecule has 0 radical (unpaired) electrons. The van der Waals surface area contributed by atoms with Crippen LogP contribution in [0.25, 0.3) is 0 Å². The second-order valence-electron chi connectivity index (χ2n) is 3.62. The van der Waals surface area contributed by atoms with Crippen molar-refractivity contribution in [3.63, 3.8) is 0 Å². The van der Waals surface area contributed by atoms with Crippen LogP contribution in [0.4, 0.5) is 0 Å². The lowest BCUT2D eigenvalue weighted by molar-refractivity contribution is 0.316. The summed E-state index contributed by atoms with van der Waals surface area (Å²) in [5.74, 6) is -0.183. The van der Waals surface area contributed by atoms with E-state index in [2.05, 4.69) is 10.1 Å². The van der Waals surface area contributed by atoms with Crippen molar-refractivity contribution in [2.24, 2.45) is 10.9 Å². The quantitative estimate of drug-likeness (QED) is 0.364. The fourth-order valence-electron chi connectivity index (χ4n) is 1.74. The van der Waals surface area contributed by atoms with E-state index in [1.807, 2.05) is 48.5 Å². The molecule has 4 heteroatoms. The van der Waals surface area contributed by atoms with Gasteiger partial charge < -0.3 is 10.9 Å². The molecule has 1 atom stereocenters. The fourth-order valence-corrected chi connectivity index (χ4v) is 1.74. The molecule has 4 nitrogen and oxygen atoms in total. The van der Waals surface area contributed by atoms with E-state index >= 15 is 0 Å². The Bertz CT molecular complexity index is 457. The molecule has 0 aliphatic rings. The van der Waals surface area contributed by atoms with Gasteiger partial charge in [0, 0.05) is 6.20 Å². The molecule has 0 aliphatic carbocycles. The van der Waals surface area contributed by atoms with Crippen molar-refractivity contribution < 1.29 is 5.21 Å². The van der Waals surface area contributed by atoms with Gasteiger partial charge in [0.2, 0.25) is 0 Å². The second kappa shape index (κ2) is 5.12. The minimum Gasteiger partial charge on any atom is -0.409 e. The summed E-state index contributed by atoms with van der Waals surface area (Å²) in [4.78, 5) is 4.25. The Kier molecular flexibility index (Phi) is 3.35. The zero-order chi connectivity index (χ0) is 12.1. The van der Waals surface area contributed by atoms with E-state index in [1.54, 1.807) is 6.20 Å². The first-order valence-electron chi connectivity index (χ1n) is 5.26. The van der Waals surface area contributed by atoms with Crippen LogP contribution in [0.1, 0.15) is 17.2 Å². The van der Waals surface area contributed by atoms with Crippen LogP contribution in [0.15, 0.2) is 59.9 Å². The number of benzene rings is 1. The van der Waals surface area contributed by atoms with Crippen LogP contribution in [-0.4, -0.2) is 16.0 Å². The zero-order valence-corrected chi connectivity index (χ0v) is 9.19. The van der Waals surface area contributed by atoms with Gasteiger partial charge in [-0.1, -0.05) is 41.6 Å². The van der Waals surface area contributed by atoms with Crippen molar-refractivity contribution in [1.82, 2.24) is 4.98 Å². The Morgan fingerprint density at radius 3 is 2.41 bits per heavy atom. The minimum atomic E-state index is -0.317. The second-order valence-corrected chi connectivity index (χ2v) is 3.62. The Morgan fingerprint density at radius 1 is 1.12 bits per heavy atom. The minimum absolute atomic E-state index is 0.134. The molecule has 0 bridgehead atoms. The summed E-state index contributed by atoms with van der Waals surface area (Å²) in [6.07, 6.45) is 1.69. The number of nitrogens with zero attached hydrogens (tertiary/aromatic N) is 2. The molecular weight excluding hydrogens is 214 g/mol. The number of oxime groups is 1. The molecule has 2 rings (SSSR count). The molecule has 1 heterocycles. The van der Waals surface area contributed by atoms with Crippen molar-refractivity contribution in [3.05, 3.63) is 66.0 Å². The van der Waals surface area contributed by atoms with Crippen LogP contribution in [0.3, 0.4) is 0 Å². The normalized spacial score (nSPS) is 13.3. The molecule has 0 fully saturated rings. The van der Waals surface area contributed by atoms with E-state index in [0.29, 0.717) is 0 Å². The first kappa shape index (κ1) is 11.1. The highest BCUT2D eigenvalue weighted by Crippen LogP contribution is 2.22. The average Bonchev–Trinajstić information content (AvgIpc) is 2.41. The van der Waals surface area contributed by atoms with Gasteiger partial charge in [0.1, 0.15) is 0 Å². The third-order valence-corrected chi connectivity index (χ3v) is 2.53. The van der Waals surface area contributed by atoms with E-state index in [0.717, 1.165) is 11.3 Å². The predicted octanol–water partition coefficient (Wildman–Crippen LogP) is 1.96. The lowest BCUT2D eigenvalue weighted by Crippen LogP contribution is -2.23. The lowest BCUT2D eigenvalue weighted by Gasteiger charge is -2.15. The van der Waals surface area contributed by atoms with Crippen molar-refractivity contribution in [1.29, 1.82) is 0 Å². The predicted molar refractivity (Wildman–Crippen MR) is 65.9 cm³/mol. The molecular formula is C13H13N3O. The highest BCUT2D eigenvalue weighted by atomic mass is 16.4. The standard InChI is InChI=1S/C13H13N3O/c14-13(16-17)12(10-6-2-1-3-7-10)11-8-4-5-9-15-11/h1-9,12,17H,(H2,14,16)/t12-/m0/s1. The van der Waals surface area contributed by atoms with Gasteiger partial charge in [-0.3, -0.25) is 4.98 Å². The van der Waals surface area contributed by atoms with Crippen molar-refractivity contribution in [2.45, 2.75) is 5.92 Å². The maximum Gasteiger partial charge on any atom is 0.152 e. The van der Waals surface area contributed by atoms with E-state index in [9.17, 15) is 0 Å². The maximum absolute atomic E-state index is 8.86. The molecule has 0 unspecified atom stereocenters. The summed E-state index contributed by atoms with van der Waals surface area (Å²) in [6, 6.07) is 15.2. The highest BCUT2D eigenvalue weighted by molar-refractivity contribution is 5.89. The molecule has 0 amide bonds. The van der Waals surface area contributed by atoms with Crippen LogP contribution < -0.4 is 5.73 Å². The van der Waals surface area contributed by atoms with Gasteiger partial charge in [-0.15, -0.1) is 0 Å². The highest BCUT2D eigenvalue weighted by Gasteiger charge is 2.19. The molecule has 2 aromatic rings. The van der Waals surface area contributed by atoms with Crippen LogP contribution in [0, 0.1) is 0 Å². The van der Waals surface area contributed by atoms with Gasteiger partial charge in [0.15, 0.2) is 5.84 Å². The smallest absolute Gasteiger partial charge is 0.152 e. The summed E-state index contributed by atoms with van der Waals surface area (Å²) in [5.41, 5.74) is 7.45. The summed E-state index contributed by atoms with van der Waals surface area (Å²) >= 11 is 0. The number of rotatable bonds is 3. The lowest BCUT2D eigenvalue weighted by atomic mass is 9.94. The molecule has 0 saturated heterocycles. The van der Waals surface area contributed by atoms with Gasteiger partial charge in [0.25, 0.3) is 0 Å². The number of hydrogen-bond acceptors (Lipinski definition) is 3. The molecule has 17 heavy (non-hydrogen) atoms. The molecule has 0 saturated carbocycles. The third-order valence-electron chi connectivity index (χ3n) is 2.53. The van der Waals surface area contributed by atoms with Gasteiger partial charge in [-0.25, -0.2) is 0 Å². The number of nitrogens with two attached hydrogens (primary N) is 1. The largest absolute Gasteiger partial charge is 0.409 e. The number of aromatic nitrogens is 1. The molecule has 86 valence electrons. The van der Waals surface area contributed by atoms with Crippen molar-refractivity contribution in [3.8, 4) is 0 Å². The first-order chi connectivity index (χ1) is 8.33. The molecule has 0 aliphatic heterocycles. The molecule has 0 spiro atoms. The third kappa shape index (κ3) is 2.42. The van der Waals surface area contributed by atoms with Gasteiger partial charge in [-0.2, -0.15) is 0 Å². The first-order valence-corrected chi connectivity index (χ1v) is 5.26. The summed E-state index contributed by atoms with van der Waals surface area (Å²) in [5, 5.41) is 12.0. The molecule has 1 aromatic heterocycles. The Hall–Kier alpha value is -2.36.